The molecule has 4 N–H and O–H groups in total. The van der Waals surface area contributed by atoms with Crippen LogP contribution in [0.5, 0.6) is 0 Å². The van der Waals surface area contributed by atoms with Gasteiger partial charge in [-0.15, -0.1) is 5.10 Å². The van der Waals surface area contributed by atoms with Crippen molar-refractivity contribution in [3.63, 3.8) is 0 Å². The molecule has 2 amide bonds. The van der Waals surface area contributed by atoms with Crippen LogP contribution in [0.3, 0.4) is 0 Å². The number of nitrogens with two attached hydrogens (primary N) is 1. The number of rotatable bonds is 15. The molecule has 0 aliphatic carbocycles. The summed E-state index contributed by atoms with van der Waals surface area (Å²) >= 11 is 0. The summed E-state index contributed by atoms with van der Waals surface area (Å²) in [4.78, 5) is 33.1. The minimum Gasteiger partial charge on any atom is -0.344 e. The Kier molecular flexibility index (Phi) is 11.1. The molecule has 2 heterocycles. The molecule has 2 aromatic heterocycles. The first kappa shape index (κ1) is 29.8. The highest BCUT2D eigenvalue weighted by Gasteiger charge is 2.20. The Bertz CT molecular complexity index is 1320. The van der Waals surface area contributed by atoms with Crippen molar-refractivity contribution in [1.82, 2.24) is 30.3 Å². The van der Waals surface area contributed by atoms with Crippen LogP contribution < -0.4 is 16.4 Å². The molecular weight excluding hydrogens is 520 g/mol. The number of carbonyl (C=O) groups is 2. The molecule has 39 heavy (non-hydrogen) atoms. The van der Waals surface area contributed by atoms with Crippen molar-refractivity contribution in [2.24, 2.45) is 5.73 Å². The van der Waals surface area contributed by atoms with Gasteiger partial charge in [0.05, 0.1) is 6.20 Å². The maximum Gasteiger partial charge on any atom is 0.246 e. The van der Waals surface area contributed by atoms with Gasteiger partial charge in [-0.05, 0) is 57.7 Å². The van der Waals surface area contributed by atoms with Gasteiger partial charge in [0.15, 0.2) is 0 Å². The third-order valence-corrected chi connectivity index (χ3v) is 6.88. The zero-order chi connectivity index (χ0) is 28.3. The Morgan fingerprint density at radius 3 is 2.41 bits per heavy atom. The number of nitrogens with one attached hydrogen (secondary N) is 2. The van der Waals surface area contributed by atoms with Crippen LogP contribution in [0.2, 0.25) is 0 Å². The molecule has 0 saturated carbocycles. The number of aryl methyl sites for hydroxylation is 2. The number of unbranched alkanes of at least 4 members (excludes halogenated alkanes) is 3. The van der Waals surface area contributed by atoms with Gasteiger partial charge in [0.2, 0.25) is 26.8 Å². The summed E-state index contributed by atoms with van der Waals surface area (Å²) in [5.74, 6) is -0.394. The largest absolute Gasteiger partial charge is 0.344 e. The maximum atomic E-state index is 12.8. The molecule has 0 unspecified atom stereocenters. The second-order valence-electron chi connectivity index (χ2n) is 9.46. The van der Waals surface area contributed by atoms with Crippen LogP contribution in [0.15, 0.2) is 48.0 Å². The van der Waals surface area contributed by atoms with Crippen LogP contribution in [0.25, 0.3) is 11.3 Å². The van der Waals surface area contributed by atoms with E-state index < -0.39 is 15.9 Å². The lowest BCUT2D eigenvalue weighted by Crippen LogP contribution is -2.43. The second kappa shape index (κ2) is 14.4. The van der Waals surface area contributed by atoms with E-state index in [2.05, 4.69) is 30.9 Å². The lowest BCUT2D eigenvalue weighted by Gasteiger charge is -2.18. The van der Waals surface area contributed by atoms with Crippen molar-refractivity contribution in [3.8, 4) is 11.3 Å². The summed E-state index contributed by atoms with van der Waals surface area (Å²) in [6.07, 6.45) is 10.2. The fourth-order valence-electron chi connectivity index (χ4n) is 3.81. The zero-order valence-corrected chi connectivity index (χ0v) is 23.2. The van der Waals surface area contributed by atoms with E-state index >= 15 is 0 Å². The van der Waals surface area contributed by atoms with E-state index in [1.807, 2.05) is 31.2 Å². The summed E-state index contributed by atoms with van der Waals surface area (Å²) in [5.41, 5.74) is 8.49. The first-order chi connectivity index (χ1) is 18.7. The number of sulfone groups is 1. The zero-order valence-electron chi connectivity index (χ0n) is 22.3. The number of benzene rings is 1. The molecular formula is C26H36N8O4S. The van der Waals surface area contributed by atoms with E-state index in [0.29, 0.717) is 49.3 Å². The molecule has 0 bridgehead atoms. The number of amides is 2. The number of nitrogens with zero attached hydrogens (tertiary/aromatic N) is 5. The van der Waals surface area contributed by atoms with Gasteiger partial charge in [-0.25, -0.2) is 18.4 Å². The van der Waals surface area contributed by atoms with Crippen molar-refractivity contribution in [3.05, 3.63) is 48.4 Å². The molecule has 0 saturated heterocycles. The highest BCUT2D eigenvalue weighted by Crippen LogP contribution is 2.15. The number of hydrogen-bond acceptors (Lipinski definition) is 9. The van der Waals surface area contributed by atoms with Crippen LogP contribution in [0, 0.1) is 6.92 Å². The van der Waals surface area contributed by atoms with Gasteiger partial charge in [0.25, 0.3) is 0 Å². The molecule has 1 atom stereocenters. The fourth-order valence-corrected chi connectivity index (χ4v) is 4.30. The van der Waals surface area contributed by atoms with Crippen molar-refractivity contribution in [2.75, 3.05) is 18.1 Å². The van der Waals surface area contributed by atoms with Crippen LogP contribution in [-0.2, 0) is 26.0 Å². The number of anilines is 1. The van der Waals surface area contributed by atoms with Crippen molar-refractivity contribution in [1.29, 1.82) is 0 Å². The molecule has 3 rings (SSSR count). The first-order valence-corrected chi connectivity index (χ1v) is 14.8. The van der Waals surface area contributed by atoms with Gasteiger partial charge < -0.3 is 16.4 Å². The number of carbonyl (C=O) groups excluding carboxylic acids is 2. The van der Waals surface area contributed by atoms with Gasteiger partial charge in [-0.3, -0.25) is 14.3 Å². The van der Waals surface area contributed by atoms with E-state index in [-0.39, 0.29) is 17.0 Å². The normalized spacial score (nSPS) is 12.2. The number of aromatic nitrogens is 5. The molecule has 0 aliphatic heterocycles. The maximum absolute atomic E-state index is 12.8. The summed E-state index contributed by atoms with van der Waals surface area (Å²) in [6, 6.07) is 6.91. The quantitative estimate of drug-likeness (QED) is 0.187. The molecule has 210 valence electrons. The molecule has 3 aromatic rings. The Hall–Kier alpha value is -3.71. The summed E-state index contributed by atoms with van der Waals surface area (Å²) < 4.78 is 24.7. The molecule has 0 spiro atoms. The van der Waals surface area contributed by atoms with E-state index in [0.717, 1.165) is 37.5 Å². The Morgan fingerprint density at radius 2 is 1.74 bits per heavy atom. The van der Waals surface area contributed by atoms with Crippen molar-refractivity contribution in [2.45, 2.75) is 69.6 Å². The molecule has 0 radical (unpaired) electrons. The first-order valence-electron chi connectivity index (χ1n) is 13.0. The van der Waals surface area contributed by atoms with Crippen LogP contribution in [0.1, 0.15) is 50.5 Å². The summed E-state index contributed by atoms with van der Waals surface area (Å²) in [5, 5.41) is 13.7. The highest BCUT2D eigenvalue weighted by atomic mass is 32.2. The van der Waals surface area contributed by atoms with Crippen LogP contribution >= 0.6 is 0 Å². The van der Waals surface area contributed by atoms with E-state index in [1.54, 1.807) is 10.9 Å². The van der Waals surface area contributed by atoms with Crippen LogP contribution in [-0.4, -0.2) is 64.0 Å². The van der Waals surface area contributed by atoms with Gasteiger partial charge in [0, 0.05) is 42.9 Å². The lowest BCUT2D eigenvalue weighted by molar-refractivity contribution is -0.126. The van der Waals surface area contributed by atoms with E-state index in [9.17, 15) is 18.0 Å². The highest BCUT2D eigenvalue weighted by molar-refractivity contribution is 7.90. The van der Waals surface area contributed by atoms with Crippen molar-refractivity contribution < 1.29 is 18.0 Å². The SMILES string of the molecule is Cc1ccc(NC(=O)[C@H](CCCCN)NC(=O)CCCCCn2cc(-c3cnc(S(C)(=O)=O)nc3)nn2)cc1. The van der Waals surface area contributed by atoms with Crippen LogP contribution in [0.4, 0.5) is 5.69 Å². The molecule has 12 nitrogen and oxygen atoms in total. The van der Waals surface area contributed by atoms with Gasteiger partial charge in [0.1, 0.15) is 11.7 Å². The Morgan fingerprint density at radius 1 is 1.03 bits per heavy atom. The molecule has 0 fully saturated rings. The third kappa shape index (κ3) is 9.84. The predicted octanol–water partition coefficient (Wildman–Crippen LogP) is 2.26. The van der Waals surface area contributed by atoms with Gasteiger partial charge in [-0.1, -0.05) is 29.3 Å². The topological polar surface area (TPSA) is 175 Å². The minimum absolute atomic E-state index is 0.160. The predicted molar refractivity (Wildman–Crippen MR) is 147 cm³/mol. The standard InChI is InChI=1S/C26H36N8O4S/c1-19-10-12-21(13-11-19)30-25(36)22(8-5-6-14-27)31-24(35)9-4-3-7-15-34-18-23(32-33-34)20-16-28-26(29-17-20)39(2,37)38/h10-13,16-18,22H,3-9,14-15,27H2,1-2H3,(H,30,36)(H,31,35)/t22-/m0/s1. The molecule has 1 aromatic carbocycles. The average molecular weight is 557 g/mol. The van der Waals surface area contributed by atoms with E-state index in [1.165, 1.54) is 12.4 Å². The van der Waals surface area contributed by atoms with Gasteiger partial charge >= 0.3 is 0 Å². The average Bonchev–Trinajstić information content (AvgIpc) is 3.38. The smallest absolute Gasteiger partial charge is 0.246 e. The van der Waals surface area contributed by atoms with Gasteiger partial charge in [-0.2, -0.15) is 0 Å². The summed E-state index contributed by atoms with van der Waals surface area (Å²) in [7, 11) is -3.47. The minimum atomic E-state index is -3.47. The molecule has 13 heteroatoms. The molecule has 0 aliphatic rings. The monoisotopic (exact) mass is 556 g/mol. The second-order valence-corrected chi connectivity index (χ2v) is 11.4. The van der Waals surface area contributed by atoms with E-state index in [4.69, 9.17) is 5.73 Å². The Balaban J connectivity index is 1.42. The Labute approximate surface area is 228 Å². The third-order valence-electron chi connectivity index (χ3n) is 6.00. The fraction of sp³-hybridized carbons (Fsp3) is 0.462. The summed E-state index contributed by atoms with van der Waals surface area (Å²) in [6.45, 7) is 3.12. The lowest BCUT2D eigenvalue weighted by atomic mass is 10.1. The number of hydrogen-bond donors (Lipinski definition) is 3. The van der Waals surface area contributed by atoms with Crippen molar-refractivity contribution >= 4 is 27.3 Å².